The average molecular weight is 280 g/mol. The van der Waals surface area contributed by atoms with E-state index in [4.69, 9.17) is 0 Å². The molecule has 1 N–H and O–H groups in total. The van der Waals surface area contributed by atoms with Crippen LogP contribution in [0.25, 0.3) is 0 Å². The second-order valence-electron chi connectivity index (χ2n) is 4.21. The van der Waals surface area contributed by atoms with E-state index in [0.717, 1.165) is 10.5 Å². The quantitative estimate of drug-likeness (QED) is 0.523. The first-order valence-corrected chi connectivity index (χ1v) is 7.26. The lowest BCUT2D eigenvalue weighted by atomic mass is 10.2. The third-order valence-electron chi connectivity index (χ3n) is 2.70. The molecule has 100 valence electrons. The minimum Gasteiger partial charge on any atom is -0.379 e. The van der Waals surface area contributed by atoms with Crippen molar-refractivity contribution in [3.05, 3.63) is 78.9 Å². The van der Waals surface area contributed by atoms with Gasteiger partial charge < -0.3 is 5.11 Å². The maximum absolute atomic E-state index is 10.2. The first-order valence-electron chi connectivity index (χ1n) is 6.38. The van der Waals surface area contributed by atoms with Gasteiger partial charge in [0.2, 0.25) is 0 Å². The molecule has 2 heteroatoms. The van der Waals surface area contributed by atoms with Crippen molar-refractivity contribution in [3.63, 3.8) is 0 Å². The van der Waals surface area contributed by atoms with Crippen LogP contribution in [0.15, 0.2) is 78.2 Å². The zero-order valence-corrected chi connectivity index (χ0v) is 11.9. The maximum atomic E-state index is 10.2. The Labute approximate surface area is 124 Å². The third kappa shape index (κ3) is 4.31. The molecule has 0 spiro atoms. The fourth-order valence-corrected chi connectivity index (χ4v) is 2.58. The highest BCUT2D eigenvalue weighted by atomic mass is 32.2. The Morgan fingerprint density at radius 3 is 2.20 bits per heavy atom. The number of hydrogen-bond acceptors (Lipinski definition) is 2. The Kier molecular flexibility index (Phi) is 5.49. The Hall–Kier alpha value is -1.95. The highest BCUT2D eigenvalue weighted by Gasteiger charge is 2.14. The van der Waals surface area contributed by atoms with Crippen molar-refractivity contribution in [2.45, 2.75) is 16.2 Å². The maximum Gasteiger partial charge on any atom is 0.130 e. The zero-order chi connectivity index (χ0) is 14.2. The molecule has 20 heavy (non-hydrogen) atoms. The molecule has 0 amide bonds. The smallest absolute Gasteiger partial charge is 0.130 e. The molecule has 2 rings (SSSR count). The normalized spacial score (nSPS) is 12.8. The van der Waals surface area contributed by atoms with Crippen LogP contribution in [0.2, 0.25) is 0 Å². The number of aliphatic hydroxyl groups excluding tert-OH is 1. The van der Waals surface area contributed by atoms with Crippen molar-refractivity contribution in [1.82, 2.24) is 0 Å². The summed E-state index contributed by atoms with van der Waals surface area (Å²) in [6, 6.07) is 19.6. The fourth-order valence-electron chi connectivity index (χ4n) is 1.66. The molecule has 0 aliphatic heterocycles. The summed E-state index contributed by atoms with van der Waals surface area (Å²) in [5.74, 6) is 5.87. The zero-order valence-electron chi connectivity index (χ0n) is 11.1. The minimum atomic E-state index is -0.738. The van der Waals surface area contributed by atoms with E-state index in [1.54, 1.807) is 17.8 Å². The molecule has 0 radical (unpaired) electrons. The van der Waals surface area contributed by atoms with E-state index in [9.17, 15) is 5.11 Å². The van der Waals surface area contributed by atoms with Gasteiger partial charge >= 0.3 is 0 Å². The van der Waals surface area contributed by atoms with Gasteiger partial charge in [-0.25, -0.2) is 0 Å². The van der Waals surface area contributed by atoms with Gasteiger partial charge in [0.25, 0.3) is 0 Å². The highest BCUT2D eigenvalue weighted by Crippen LogP contribution is 2.25. The summed E-state index contributed by atoms with van der Waals surface area (Å²) in [5.41, 5.74) is 0.902. The van der Waals surface area contributed by atoms with Crippen molar-refractivity contribution in [1.29, 1.82) is 0 Å². The van der Waals surface area contributed by atoms with Gasteiger partial charge in [0.15, 0.2) is 0 Å². The Bertz CT molecular complexity index is 596. The Balaban J connectivity index is 2.05. The topological polar surface area (TPSA) is 20.2 Å². The third-order valence-corrected chi connectivity index (χ3v) is 3.96. The minimum absolute atomic E-state index is 0.145. The summed E-state index contributed by atoms with van der Waals surface area (Å²) in [5, 5.41) is 10.0. The molecule has 0 aliphatic carbocycles. The standard InChI is InChI=1S/C18H16OS/c1-2-18(20-16-11-7-4-8-12-16)17(19)14-13-15-9-5-3-6-10-15/h2-12,17-19H,1H2/t17-,18+/m1/s1. The van der Waals surface area contributed by atoms with Crippen LogP contribution in [0.3, 0.4) is 0 Å². The van der Waals surface area contributed by atoms with Crippen LogP contribution in [0.1, 0.15) is 5.56 Å². The highest BCUT2D eigenvalue weighted by molar-refractivity contribution is 8.00. The number of rotatable bonds is 4. The predicted octanol–water partition coefficient (Wildman–Crippen LogP) is 3.75. The lowest BCUT2D eigenvalue weighted by molar-refractivity contribution is 0.241. The van der Waals surface area contributed by atoms with E-state index >= 15 is 0 Å². The van der Waals surface area contributed by atoms with Crippen LogP contribution in [-0.2, 0) is 0 Å². The predicted molar refractivity (Wildman–Crippen MR) is 85.6 cm³/mol. The van der Waals surface area contributed by atoms with Gasteiger partial charge in [-0.2, -0.15) is 0 Å². The van der Waals surface area contributed by atoms with Gasteiger partial charge in [-0.1, -0.05) is 54.3 Å². The summed E-state index contributed by atoms with van der Waals surface area (Å²) in [4.78, 5) is 1.10. The second kappa shape index (κ2) is 7.59. The van der Waals surface area contributed by atoms with E-state index < -0.39 is 6.10 Å². The first-order chi connectivity index (χ1) is 9.79. The first kappa shape index (κ1) is 14.5. The number of aliphatic hydroxyl groups is 1. The lowest BCUT2D eigenvalue weighted by Crippen LogP contribution is -2.18. The molecular formula is C18H16OS. The van der Waals surface area contributed by atoms with Gasteiger partial charge in [-0.15, -0.1) is 18.3 Å². The molecule has 2 aromatic rings. The molecule has 1 nitrogen and oxygen atoms in total. The van der Waals surface area contributed by atoms with Crippen LogP contribution < -0.4 is 0 Å². The lowest BCUT2D eigenvalue weighted by Gasteiger charge is -2.14. The van der Waals surface area contributed by atoms with E-state index in [1.807, 2.05) is 60.7 Å². The largest absolute Gasteiger partial charge is 0.379 e. The molecule has 2 atom stereocenters. The molecule has 0 saturated heterocycles. The van der Waals surface area contributed by atoms with Gasteiger partial charge in [0.1, 0.15) is 6.10 Å². The number of hydrogen-bond donors (Lipinski definition) is 1. The Morgan fingerprint density at radius 1 is 1.00 bits per heavy atom. The summed E-state index contributed by atoms with van der Waals surface area (Å²) in [7, 11) is 0. The Morgan fingerprint density at radius 2 is 1.60 bits per heavy atom. The molecule has 0 fully saturated rings. The van der Waals surface area contributed by atoms with Gasteiger partial charge in [0, 0.05) is 10.5 Å². The van der Waals surface area contributed by atoms with Gasteiger partial charge in [0.05, 0.1) is 5.25 Å². The monoisotopic (exact) mass is 280 g/mol. The molecule has 2 aromatic carbocycles. The SMILES string of the molecule is C=C[C@H](Sc1ccccc1)[C@H](O)C#Cc1ccccc1. The summed E-state index contributed by atoms with van der Waals surface area (Å²) in [6.45, 7) is 3.78. The number of thioether (sulfide) groups is 1. The molecule has 0 unspecified atom stereocenters. The molecule has 0 bridgehead atoms. The van der Waals surface area contributed by atoms with Crippen LogP contribution >= 0.6 is 11.8 Å². The second-order valence-corrected chi connectivity index (χ2v) is 5.46. The average Bonchev–Trinajstić information content (AvgIpc) is 2.52. The van der Waals surface area contributed by atoms with Crippen LogP contribution in [0.4, 0.5) is 0 Å². The summed E-state index contributed by atoms with van der Waals surface area (Å²) >= 11 is 1.56. The fraction of sp³-hybridized carbons (Fsp3) is 0.111. The number of benzene rings is 2. The molecule has 0 saturated carbocycles. The van der Waals surface area contributed by atoms with E-state index in [-0.39, 0.29) is 5.25 Å². The van der Waals surface area contributed by atoms with E-state index in [0.29, 0.717) is 0 Å². The van der Waals surface area contributed by atoms with Gasteiger partial charge in [-0.05, 0) is 24.3 Å². The van der Waals surface area contributed by atoms with Crippen LogP contribution in [0.5, 0.6) is 0 Å². The van der Waals surface area contributed by atoms with Crippen LogP contribution in [0, 0.1) is 11.8 Å². The van der Waals surface area contributed by atoms with Crippen molar-refractivity contribution in [2.24, 2.45) is 0 Å². The van der Waals surface area contributed by atoms with Crippen molar-refractivity contribution >= 4 is 11.8 Å². The van der Waals surface area contributed by atoms with Crippen molar-refractivity contribution in [2.75, 3.05) is 0 Å². The summed E-state index contributed by atoms with van der Waals surface area (Å²) in [6.07, 6.45) is 1.00. The van der Waals surface area contributed by atoms with E-state index in [2.05, 4.69) is 18.4 Å². The van der Waals surface area contributed by atoms with Gasteiger partial charge in [-0.3, -0.25) is 0 Å². The molecule has 0 aromatic heterocycles. The molecular weight excluding hydrogens is 264 g/mol. The van der Waals surface area contributed by atoms with Crippen molar-refractivity contribution < 1.29 is 5.11 Å². The molecule has 0 heterocycles. The van der Waals surface area contributed by atoms with Crippen molar-refractivity contribution in [3.8, 4) is 11.8 Å². The van der Waals surface area contributed by atoms with Crippen LogP contribution in [-0.4, -0.2) is 16.5 Å². The summed E-state index contributed by atoms with van der Waals surface area (Å²) < 4.78 is 0. The van der Waals surface area contributed by atoms with E-state index in [1.165, 1.54) is 0 Å². The molecule has 0 aliphatic rings.